The second kappa shape index (κ2) is 42.1. The van der Waals surface area contributed by atoms with Gasteiger partial charge in [0.25, 0.3) is 0 Å². The highest BCUT2D eigenvalue weighted by atomic mass is 16.7. The van der Waals surface area contributed by atoms with Gasteiger partial charge in [0.1, 0.15) is 24.4 Å². The van der Waals surface area contributed by atoms with Crippen LogP contribution in [0.4, 0.5) is 0 Å². The highest BCUT2D eigenvalue weighted by Gasteiger charge is 2.44. The van der Waals surface area contributed by atoms with Gasteiger partial charge in [0.15, 0.2) is 6.29 Å². The summed E-state index contributed by atoms with van der Waals surface area (Å²) in [5.74, 6) is -0.189. The average Bonchev–Trinajstić information content (AvgIpc) is 3.26. The maximum absolute atomic E-state index is 13.0. The van der Waals surface area contributed by atoms with E-state index in [0.717, 1.165) is 44.9 Å². The summed E-state index contributed by atoms with van der Waals surface area (Å²) >= 11 is 0. The Morgan fingerprint density at radius 1 is 0.557 bits per heavy atom. The number of aliphatic hydroxyl groups excluding tert-OH is 5. The van der Waals surface area contributed by atoms with E-state index >= 15 is 0 Å². The molecule has 0 aromatic heterocycles. The Balaban J connectivity index is 2.20. The van der Waals surface area contributed by atoms with Crippen LogP contribution in [0, 0.1) is 0 Å². The summed E-state index contributed by atoms with van der Waals surface area (Å²) in [6.45, 7) is 3.72. The number of amides is 1. The van der Waals surface area contributed by atoms with Crippen LogP contribution in [0.3, 0.4) is 0 Å². The van der Waals surface area contributed by atoms with Crippen molar-refractivity contribution in [2.75, 3.05) is 13.2 Å². The van der Waals surface area contributed by atoms with Gasteiger partial charge >= 0.3 is 0 Å². The second-order valence-corrected chi connectivity index (χ2v) is 17.6. The number of carbonyl (C=O) groups is 1. The van der Waals surface area contributed by atoms with Crippen LogP contribution in [0.1, 0.15) is 219 Å². The fourth-order valence-electron chi connectivity index (χ4n) is 7.79. The lowest BCUT2D eigenvalue weighted by molar-refractivity contribution is -0.302. The highest BCUT2D eigenvalue weighted by molar-refractivity contribution is 5.76. The molecule has 1 aliphatic heterocycles. The van der Waals surface area contributed by atoms with E-state index in [0.29, 0.717) is 6.42 Å². The summed E-state index contributed by atoms with van der Waals surface area (Å²) < 4.78 is 11.2. The molecule has 0 radical (unpaired) electrons. The highest BCUT2D eigenvalue weighted by Crippen LogP contribution is 2.23. The molecule has 61 heavy (non-hydrogen) atoms. The normalized spacial score (nSPS) is 20.8. The first kappa shape index (κ1) is 57.2. The fourth-order valence-corrected chi connectivity index (χ4v) is 7.79. The zero-order chi connectivity index (χ0) is 44.4. The third-order valence-corrected chi connectivity index (χ3v) is 11.9. The predicted octanol–water partition coefficient (Wildman–Crippen LogP) is 11.4. The topological polar surface area (TPSA) is 149 Å². The summed E-state index contributed by atoms with van der Waals surface area (Å²) in [6.07, 6.45) is 47.5. The lowest BCUT2D eigenvalue weighted by atomic mass is 9.99. The molecule has 9 heteroatoms. The van der Waals surface area contributed by atoms with Gasteiger partial charge in [-0.3, -0.25) is 4.79 Å². The quantitative estimate of drug-likeness (QED) is 0.0262. The molecule has 1 rings (SSSR count). The van der Waals surface area contributed by atoms with Crippen molar-refractivity contribution >= 4 is 5.91 Å². The number of nitrogens with one attached hydrogen (secondary N) is 1. The molecule has 7 atom stereocenters. The molecule has 9 nitrogen and oxygen atoms in total. The number of aliphatic hydroxyl groups is 5. The maximum atomic E-state index is 13.0. The summed E-state index contributed by atoms with van der Waals surface area (Å²) in [5.41, 5.74) is 0. The molecule has 0 aliphatic carbocycles. The number of carbonyl (C=O) groups excluding carboxylic acids is 1. The molecule has 0 bridgehead atoms. The molecule has 0 aromatic carbocycles. The van der Waals surface area contributed by atoms with Crippen LogP contribution in [-0.2, 0) is 14.3 Å². The number of unbranched alkanes of at least 4 members (excludes halogenated alkanes) is 26. The molecule has 1 amide bonds. The van der Waals surface area contributed by atoms with Crippen LogP contribution in [-0.4, -0.2) is 87.5 Å². The van der Waals surface area contributed by atoms with E-state index in [4.69, 9.17) is 9.47 Å². The monoisotopic (exact) mass is 862 g/mol. The van der Waals surface area contributed by atoms with Crippen LogP contribution < -0.4 is 5.32 Å². The number of rotatable bonds is 42. The van der Waals surface area contributed by atoms with Gasteiger partial charge in [-0.15, -0.1) is 0 Å². The first-order valence-corrected chi connectivity index (χ1v) is 25.4. The minimum Gasteiger partial charge on any atom is -0.394 e. The Labute approximate surface area is 373 Å². The summed E-state index contributed by atoms with van der Waals surface area (Å²) in [7, 11) is 0. The molecular weight excluding hydrogens is 767 g/mol. The molecule has 1 heterocycles. The largest absolute Gasteiger partial charge is 0.394 e. The van der Waals surface area contributed by atoms with Crippen molar-refractivity contribution in [3.8, 4) is 0 Å². The van der Waals surface area contributed by atoms with Crippen LogP contribution in [0.5, 0.6) is 0 Å². The summed E-state index contributed by atoms with van der Waals surface area (Å²) in [5, 5.41) is 54.1. The third kappa shape index (κ3) is 32.5. The third-order valence-electron chi connectivity index (χ3n) is 11.9. The Kier molecular flexibility index (Phi) is 39.5. The van der Waals surface area contributed by atoms with Crippen molar-refractivity contribution in [3.05, 3.63) is 48.6 Å². The van der Waals surface area contributed by atoms with Crippen LogP contribution in [0.25, 0.3) is 0 Å². The Hall–Kier alpha value is -1.85. The zero-order valence-corrected chi connectivity index (χ0v) is 39.2. The molecule has 7 unspecified atom stereocenters. The van der Waals surface area contributed by atoms with Crippen molar-refractivity contribution in [1.82, 2.24) is 5.32 Å². The van der Waals surface area contributed by atoms with Crippen molar-refractivity contribution < 1.29 is 39.8 Å². The van der Waals surface area contributed by atoms with Gasteiger partial charge in [0.2, 0.25) is 5.91 Å². The van der Waals surface area contributed by atoms with Gasteiger partial charge in [-0.05, 0) is 64.2 Å². The number of hydrogen-bond acceptors (Lipinski definition) is 8. The lowest BCUT2D eigenvalue weighted by Crippen LogP contribution is -2.60. The van der Waals surface area contributed by atoms with Crippen molar-refractivity contribution in [2.24, 2.45) is 0 Å². The lowest BCUT2D eigenvalue weighted by Gasteiger charge is -2.40. The number of allylic oxidation sites excluding steroid dienone is 7. The van der Waals surface area contributed by atoms with Gasteiger partial charge in [-0.25, -0.2) is 0 Å². The van der Waals surface area contributed by atoms with Crippen molar-refractivity contribution in [2.45, 2.75) is 262 Å². The minimum atomic E-state index is -1.57. The first-order valence-electron chi connectivity index (χ1n) is 25.4. The summed E-state index contributed by atoms with van der Waals surface area (Å²) in [4.78, 5) is 13.0. The molecule has 6 N–H and O–H groups in total. The van der Waals surface area contributed by atoms with E-state index < -0.39 is 49.5 Å². The molecule has 0 aromatic rings. The van der Waals surface area contributed by atoms with E-state index in [1.54, 1.807) is 6.08 Å². The molecule has 1 aliphatic rings. The molecule has 0 spiro atoms. The molecule has 1 fully saturated rings. The molecule has 0 saturated carbocycles. The van der Waals surface area contributed by atoms with Crippen LogP contribution in [0.15, 0.2) is 48.6 Å². The standard InChI is InChI=1S/C52H95NO8/c1-3-5-7-9-11-13-15-16-17-18-19-20-21-22-23-24-25-26-27-28-29-30-32-34-36-38-40-42-48(56)53-45(44-60-52-51(59)50(58)49(57)47(43-54)61-52)46(55)41-39-37-35-33-31-14-12-10-8-6-4-2/h15-16,18-19,31,33,39,41,45-47,49-52,54-55,57-59H,3-14,17,20-30,32,34-38,40,42-44H2,1-2H3,(H,53,56)/b16-15-,19-18-,33-31+,41-39+. The molecule has 356 valence electrons. The van der Waals surface area contributed by atoms with E-state index in [1.807, 2.05) is 6.08 Å². The molecule has 1 saturated heterocycles. The maximum Gasteiger partial charge on any atom is 0.220 e. The van der Waals surface area contributed by atoms with E-state index in [-0.39, 0.29) is 12.5 Å². The smallest absolute Gasteiger partial charge is 0.220 e. The van der Waals surface area contributed by atoms with E-state index in [2.05, 4.69) is 55.6 Å². The van der Waals surface area contributed by atoms with Crippen molar-refractivity contribution in [1.29, 1.82) is 0 Å². The van der Waals surface area contributed by atoms with Gasteiger partial charge in [-0.2, -0.15) is 0 Å². The van der Waals surface area contributed by atoms with Gasteiger partial charge in [0, 0.05) is 6.42 Å². The van der Waals surface area contributed by atoms with Crippen LogP contribution >= 0.6 is 0 Å². The van der Waals surface area contributed by atoms with Gasteiger partial charge < -0.3 is 40.3 Å². The summed E-state index contributed by atoms with van der Waals surface area (Å²) in [6, 6.07) is -0.820. The Bertz CT molecular complexity index is 1090. The van der Waals surface area contributed by atoms with E-state index in [9.17, 15) is 30.3 Å². The number of hydrogen-bond donors (Lipinski definition) is 6. The van der Waals surface area contributed by atoms with Gasteiger partial charge in [0.05, 0.1) is 25.4 Å². The second-order valence-electron chi connectivity index (χ2n) is 17.6. The van der Waals surface area contributed by atoms with Crippen LogP contribution in [0.2, 0.25) is 0 Å². The predicted molar refractivity (Wildman–Crippen MR) is 253 cm³/mol. The minimum absolute atomic E-state index is 0.189. The average molecular weight is 862 g/mol. The SMILES string of the molecule is CCCCCCC/C=C\C/C=C\CCCCCCCCCCCCCCCCCC(=O)NC(COC1OC(CO)C(O)C(O)C1O)C(O)/C=C/CC/C=C/CCCCCCC. The first-order chi connectivity index (χ1) is 29.8. The Morgan fingerprint density at radius 3 is 1.48 bits per heavy atom. The van der Waals surface area contributed by atoms with Crippen molar-refractivity contribution in [3.63, 3.8) is 0 Å². The van der Waals surface area contributed by atoms with Gasteiger partial charge in [-0.1, -0.05) is 197 Å². The number of ether oxygens (including phenoxy) is 2. The molecular formula is C52H95NO8. The fraction of sp³-hybridized carbons (Fsp3) is 0.827. The van der Waals surface area contributed by atoms with E-state index in [1.165, 1.54) is 154 Å². The Morgan fingerprint density at radius 2 is 0.984 bits per heavy atom. The zero-order valence-electron chi connectivity index (χ0n) is 39.2.